The molecule has 1 amide bonds. The summed E-state index contributed by atoms with van der Waals surface area (Å²) in [7, 11) is 1.55. The van der Waals surface area contributed by atoms with Crippen LogP contribution >= 0.6 is 0 Å². The van der Waals surface area contributed by atoms with E-state index in [1.165, 1.54) is 6.07 Å². The molecule has 1 aromatic carbocycles. The smallest absolute Gasteiger partial charge is 0.349 e. The number of hydrogen-bond acceptors (Lipinski definition) is 4. The third-order valence-electron chi connectivity index (χ3n) is 2.68. The second kappa shape index (κ2) is 5.67. The lowest BCUT2D eigenvalue weighted by atomic mass is 10.1. The minimum Gasteiger partial charge on any atom is -0.422 e. The molecule has 0 fully saturated rings. The Morgan fingerprint density at radius 3 is 2.89 bits per heavy atom. The summed E-state index contributed by atoms with van der Waals surface area (Å²) in [6, 6.07) is 8.42. The maximum atomic E-state index is 12.0. The van der Waals surface area contributed by atoms with Gasteiger partial charge in [0.1, 0.15) is 11.1 Å². The van der Waals surface area contributed by atoms with E-state index in [9.17, 15) is 9.59 Å². The van der Waals surface area contributed by atoms with Gasteiger partial charge in [0.15, 0.2) is 0 Å². The summed E-state index contributed by atoms with van der Waals surface area (Å²) < 4.78 is 10.0. The molecule has 0 bridgehead atoms. The molecule has 1 N–H and O–H groups in total. The molecule has 0 aliphatic carbocycles. The van der Waals surface area contributed by atoms with E-state index in [1.807, 2.05) is 6.07 Å². The summed E-state index contributed by atoms with van der Waals surface area (Å²) in [5.41, 5.74) is -0.170. The van der Waals surface area contributed by atoms with Crippen molar-refractivity contribution in [1.29, 1.82) is 0 Å². The highest BCUT2D eigenvalue weighted by molar-refractivity contribution is 5.96. The first kappa shape index (κ1) is 13.3. The van der Waals surface area contributed by atoms with Crippen molar-refractivity contribution in [2.24, 2.45) is 0 Å². The summed E-state index contributed by atoms with van der Waals surface area (Å²) in [6.45, 7) is 2.18. The molecule has 5 nitrogen and oxygen atoms in total. The Kier molecular flexibility index (Phi) is 3.97. The highest BCUT2D eigenvalue weighted by Gasteiger charge is 2.15. The van der Waals surface area contributed by atoms with Gasteiger partial charge in [-0.15, -0.1) is 0 Å². The van der Waals surface area contributed by atoms with Crippen molar-refractivity contribution in [2.75, 3.05) is 13.7 Å². The third-order valence-corrected chi connectivity index (χ3v) is 2.68. The molecule has 0 aliphatic heterocycles. The zero-order chi connectivity index (χ0) is 13.8. The van der Waals surface area contributed by atoms with E-state index in [-0.39, 0.29) is 11.6 Å². The minimum atomic E-state index is -0.638. The van der Waals surface area contributed by atoms with Crippen LogP contribution in [0.2, 0.25) is 0 Å². The lowest BCUT2D eigenvalue weighted by Gasteiger charge is -2.12. The Hall–Kier alpha value is -2.14. The third kappa shape index (κ3) is 3.00. The minimum absolute atomic E-state index is 0.00153. The number of ether oxygens (including phenoxy) is 1. The van der Waals surface area contributed by atoms with Gasteiger partial charge in [-0.25, -0.2) is 4.79 Å². The van der Waals surface area contributed by atoms with E-state index in [0.717, 1.165) is 0 Å². The van der Waals surface area contributed by atoms with Gasteiger partial charge < -0.3 is 14.5 Å². The van der Waals surface area contributed by atoms with Crippen molar-refractivity contribution < 1.29 is 13.9 Å². The number of methoxy groups -OCH3 is 1. The Labute approximate surface area is 110 Å². The molecule has 0 aliphatic rings. The summed E-state index contributed by atoms with van der Waals surface area (Å²) in [5.74, 6) is -0.455. The molecule has 0 saturated carbocycles. The predicted octanol–water partition coefficient (Wildman–Crippen LogP) is 1.56. The lowest BCUT2D eigenvalue weighted by molar-refractivity contribution is 0.0902. The number of benzene rings is 1. The van der Waals surface area contributed by atoms with Gasteiger partial charge in [0.25, 0.3) is 5.91 Å². The van der Waals surface area contributed by atoms with Crippen LogP contribution in [0, 0.1) is 0 Å². The van der Waals surface area contributed by atoms with Crippen molar-refractivity contribution in [3.8, 4) is 0 Å². The van der Waals surface area contributed by atoms with Crippen LogP contribution < -0.4 is 10.9 Å². The average Bonchev–Trinajstić information content (AvgIpc) is 2.38. The molecule has 5 heteroatoms. The van der Waals surface area contributed by atoms with Crippen molar-refractivity contribution in [3.05, 3.63) is 46.3 Å². The summed E-state index contributed by atoms with van der Waals surface area (Å²) >= 11 is 0. The van der Waals surface area contributed by atoms with E-state index >= 15 is 0 Å². The fourth-order valence-electron chi connectivity index (χ4n) is 1.81. The molecule has 1 atom stereocenters. The Balaban J connectivity index is 2.31. The van der Waals surface area contributed by atoms with Gasteiger partial charge in [-0.2, -0.15) is 0 Å². The normalized spacial score (nSPS) is 12.3. The summed E-state index contributed by atoms with van der Waals surface area (Å²) in [4.78, 5) is 23.7. The quantitative estimate of drug-likeness (QED) is 0.848. The molecular formula is C14H15NO4. The number of nitrogens with one attached hydrogen (secondary N) is 1. The van der Waals surface area contributed by atoms with Crippen LogP contribution in [0.15, 0.2) is 39.5 Å². The molecule has 19 heavy (non-hydrogen) atoms. The fraction of sp³-hybridized carbons (Fsp3) is 0.286. The molecule has 0 spiro atoms. The highest BCUT2D eigenvalue weighted by Crippen LogP contribution is 2.12. The van der Waals surface area contributed by atoms with Gasteiger partial charge in [0.2, 0.25) is 0 Å². The van der Waals surface area contributed by atoms with Gasteiger partial charge in [0.05, 0.1) is 6.61 Å². The number of rotatable bonds is 4. The van der Waals surface area contributed by atoms with E-state index in [1.54, 1.807) is 32.2 Å². The molecule has 2 aromatic rings. The fourth-order valence-corrected chi connectivity index (χ4v) is 1.81. The average molecular weight is 261 g/mol. The van der Waals surface area contributed by atoms with Crippen LogP contribution in [0.25, 0.3) is 11.0 Å². The number of amides is 1. The molecule has 1 unspecified atom stereocenters. The molecule has 0 radical (unpaired) electrons. The second-order valence-corrected chi connectivity index (χ2v) is 4.32. The standard InChI is InChI=1S/C14H15NO4/c1-9(8-18-2)15-13(16)11-7-10-5-3-4-6-12(10)19-14(11)17/h3-7,9H,8H2,1-2H3,(H,15,16). The first-order valence-electron chi connectivity index (χ1n) is 5.94. The van der Waals surface area contributed by atoms with E-state index in [4.69, 9.17) is 9.15 Å². The molecule has 1 aromatic heterocycles. The largest absolute Gasteiger partial charge is 0.422 e. The number of para-hydroxylation sites is 1. The van der Waals surface area contributed by atoms with Crippen molar-refractivity contribution >= 4 is 16.9 Å². The second-order valence-electron chi connectivity index (χ2n) is 4.32. The number of carbonyl (C=O) groups is 1. The van der Waals surface area contributed by atoms with E-state index < -0.39 is 11.5 Å². The SMILES string of the molecule is COCC(C)NC(=O)c1cc2ccccc2oc1=O. The van der Waals surface area contributed by atoms with Gasteiger partial charge >= 0.3 is 5.63 Å². The highest BCUT2D eigenvalue weighted by atomic mass is 16.5. The van der Waals surface area contributed by atoms with Gasteiger partial charge in [-0.1, -0.05) is 18.2 Å². The van der Waals surface area contributed by atoms with Gasteiger partial charge in [-0.3, -0.25) is 4.79 Å². The Morgan fingerprint density at radius 2 is 2.16 bits per heavy atom. The first-order chi connectivity index (χ1) is 9.11. The maximum absolute atomic E-state index is 12.0. The van der Waals surface area contributed by atoms with E-state index in [2.05, 4.69) is 5.32 Å². The topological polar surface area (TPSA) is 68.5 Å². The van der Waals surface area contributed by atoms with Gasteiger partial charge in [-0.05, 0) is 19.1 Å². The van der Waals surface area contributed by atoms with Crippen molar-refractivity contribution in [3.63, 3.8) is 0 Å². The van der Waals surface area contributed by atoms with Crippen LogP contribution in [-0.2, 0) is 4.74 Å². The first-order valence-corrected chi connectivity index (χ1v) is 5.94. The summed E-state index contributed by atoms with van der Waals surface area (Å²) in [6.07, 6.45) is 0. The van der Waals surface area contributed by atoms with Crippen LogP contribution in [0.1, 0.15) is 17.3 Å². The van der Waals surface area contributed by atoms with Crippen LogP contribution in [0.4, 0.5) is 0 Å². The Morgan fingerprint density at radius 1 is 1.42 bits per heavy atom. The Bertz CT molecular complexity index is 647. The number of hydrogen-bond donors (Lipinski definition) is 1. The predicted molar refractivity (Wildman–Crippen MR) is 71.3 cm³/mol. The van der Waals surface area contributed by atoms with Crippen molar-refractivity contribution in [2.45, 2.75) is 13.0 Å². The van der Waals surface area contributed by atoms with E-state index in [0.29, 0.717) is 17.6 Å². The zero-order valence-corrected chi connectivity index (χ0v) is 10.8. The lowest BCUT2D eigenvalue weighted by Crippen LogP contribution is -2.37. The molecular weight excluding hydrogens is 246 g/mol. The number of fused-ring (bicyclic) bond motifs is 1. The van der Waals surface area contributed by atoms with Crippen LogP contribution in [-0.4, -0.2) is 25.7 Å². The summed E-state index contributed by atoms with van der Waals surface area (Å²) in [5, 5.41) is 3.39. The molecule has 0 saturated heterocycles. The van der Waals surface area contributed by atoms with Crippen molar-refractivity contribution in [1.82, 2.24) is 5.32 Å². The van der Waals surface area contributed by atoms with Crippen LogP contribution in [0.3, 0.4) is 0 Å². The maximum Gasteiger partial charge on any atom is 0.349 e. The monoisotopic (exact) mass is 261 g/mol. The molecule has 2 rings (SSSR count). The molecule has 1 heterocycles. The number of carbonyl (C=O) groups excluding carboxylic acids is 1. The van der Waals surface area contributed by atoms with Gasteiger partial charge in [0, 0.05) is 18.5 Å². The zero-order valence-electron chi connectivity index (χ0n) is 10.8. The van der Waals surface area contributed by atoms with Crippen LogP contribution in [0.5, 0.6) is 0 Å². The molecule has 100 valence electrons.